The Labute approximate surface area is 105 Å². The number of nitriles is 1. The highest BCUT2D eigenvalue weighted by Crippen LogP contribution is 2.09. The molecule has 0 aliphatic rings. The van der Waals surface area contributed by atoms with Crippen LogP contribution in [0, 0.1) is 11.3 Å². The van der Waals surface area contributed by atoms with Crippen molar-refractivity contribution in [1.29, 1.82) is 5.26 Å². The zero-order chi connectivity index (χ0) is 13.6. The number of sulfonamides is 1. The van der Waals surface area contributed by atoms with Gasteiger partial charge in [0.25, 0.3) is 0 Å². The number of nitrogens with zero attached hydrogens (tertiary/aromatic N) is 1. The summed E-state index contributed by atoms with van der Waals surface area (Å²) in [5.74, 6) is -1.60. The number of carbonyl (C=O) groups is 1. The van der Waals surface area contributed by atoms with E-state index in [4.69, 9.17) is 10.4 Å². The van der Waals surface area contributed by atoms with E-state index in [1.807, 2.05) is 0 Å². The first-order valence-electron chi connectivity index (χ1n) is 5.07. The molecule has 96 valence electrons. The minimum atomic E-state index is -3.63. The maximum atomic E-state index is 11.3. The molecule has 0 radical (unpaired) electrons. The van der Waals surface area contributed by atoms with E-state index in [1.54, 1.807) is 30.3 Å². The lowest BCUT2D eigenvalue weighted by atomic mass is 10.1. The van der Waals surface area contributed by atoms with Crippen LogP contribution in [0.1, 0.15) is 11.1 Å². The van der Waals surface area contributed by atoms with Gasteiger partial charge in [-0.3, -0.25) is 4.79 Å². The van der Waals surface area contributed by atoms with Gasteiger partial charge < -0.3 is 5.11 Å². The van der Waals surface area contributed by atoms with E-state index in [2.05, 4.69) is 4.72 Å². The third kappa shape index (κ3) is 4.53. The van der Waals surface area contributed by atoms with Gasteiger partial charge in [0, 0.05) is 6.54 Å². The van der Waals surface area contributed by atoms with Crippen LogP contribution in [-0.2, 0) is 27.8 Å². The molecular weight excluding hydrogens is 256 g/mol. The molecule has 1 aromatic rings. The van der Waals surface area contributed by atoms with E-state index in [0.29, 0.717) is 11.1 Å². The Kier molecular flexibility index (Phi) is 4.83. The van der Waals surface area contributed by atoms with Gasteiger partial charge in [-0.25, -0.2) is 13.1 Å². The monoisotopic (exact) mass is 268 g/mol. The number of benzene rings is 1. The highest BCUT2D eigenvalue weighted by atomic mass is 32.2. The van der Waals surface area contributed by atoms with E-state index < -0.39 is 21.7 Å². The number of carboxylic acid groups (broad SMARTS) is 1. The molecule has 0 fully saturated rings. The molecule has 6 nitrogen and oxygen atoms in total. The second kappa shape index (κ2) is 6.14. The Balaban J connectivity index is 2.79. The van der Waals surface area contributed by atoms with Crippen molar-refractivity contribution in [1.82, 2.24) is 4.72 Å². The van der Waals surface area contributed by atoms with Gasteiger partial charge in [-0.15, -0.1) is 0 Å². The largest absolute Gasteiger partial charge is 0.481 e. The van der Waals surface area contributed by atoms with E-state index in [1.165, 1.54) is 0 Å². The molecule has 0 heterocycles. The minimum absolute atomic E-state index is 0.0204. The summed E-state index contributed by atoms with van der Waals surface area (Å²) in [6.45, 7) is -0.0204. The van der Waals surface area contributed by atoms with Crippen molar-refractivity contribution >= 4 is 16.0 Å². The molecule has 0 unspecified atom stereocenters. The molecule has 0 saturated carbocycles. The van der Waals surface area contributed by atoms with E-state index in [-0.39, 0.29) is 13.0 Å². The predicted octanol–water partition coefficient (Wildman–Crippen LogP) is 0.257. The van der Waals surface area contributed by atoms with Gasteiger partial charge in [-0.1, -0.05) is 24.3 Å². The average molecular weight is 268 g/mol. The van der Waals surface area contributed by atoms with Gasteiger partial charge in [0.2, 0.25) is 10.0 Å². The van der Waals surface area contributed by atoms with Crippen molar-refractivity contribution in [3.8, 4) is 6.07 Å². The summed E-state index contributed by atoms with van der Waals surface area (Å²) < 4.78 is 24.8. The minimum Gasteiger partial charge on any atom is -0.481 e. The highest BCUT2D eigenvalue weighted by molar-refractivity contribution is 7.89. The van der Waals surface area contributed by atoms with Gasteiger partial charge in [-0.05, 0) is 11.1 Å². The number of hydrogen-bond donors (Lipinski definition) is 2. The molecule has 18 heavy (non-hydrogen) atoms. The number of nitrogens with one attached hydrogen (secondary N) is 1. The SMILES string of the molecule is N#CCS(=O)(=O)NCc1ccccc1CC(=O)O. The van der Waals surface area contributed by atoms with Crippen LogP contribution in [0.15, 0.2) is 24.3 Å². The summed E-state index contributed by atoms with van der Waals surface area (Å²) >= 11 is 0. The molecule has 7 heteroatoms. The Hall–Kier alpha value is -1.91. The Morgan fingerprint density at radius 3 is 2.50 bits per heavy atom. The standard InChI is InChI=1S/C11H12N2O4S/c12-5-6-18(16,17)13-8-10-4-2-1-3-9(10)7-11(14)15/h1-4,13H,6-8H2,(H,14,15). The lowest BCUT2D eigenvalue weighted by Gasteiger charge is -2.08. The fourth-order valence-corrected chi connectivity index (χ4v) is 2.04. The van der Waals surface area contributed by atoms with Crippen molar-refractivity contribution in [3.63, 3.8) is 0 Å². The average Bonchev–Trinajstić information content (AvgIpc) is 2.27. The summed E-state index contributed by atoms with van der Waals surface area (Å²) in [7, 11) is -3.63. The van der Waals surface area contributed by atoms with Crippen LogP contribution in [0.25, 0.3) is 0 Å². The molecule has 1 aromatic carbocycles. The quantitative estimate of drug-likeness (QED) is 0.769. The zero-order valence-electron chi connectivity index (χ0n) is 9.46. The molecule has 2 N–H and O–H groups in total. The number of hydrogen-bond acceptors (Lipinski definition) is 4. The summed E-state index contributed by atoms with van der Waals surface area (Å²) in [6.07, 6.45) is -0.170. The third-order valence-corrected chi connectivity index (χ3v) is 3.29. The Morgan fingerprint density at radius 2 is 1.94 bits per heavy atom. The summed E-state index contributed by atoms with van der Waals surface area (Å²) in [4.78, 5) is 10.6. The number of aliphatic carboxylic acids is 1. The van der Waals surface area contributed by atoms with Crippen LogP contribution in [0.2, 0.25) is 0 Å². The second-order valence-corrected chi connectivity index (χ2v) is 5.38. The zero-order valence-corrected chi connectivity index (χ0v) is 10.3. The molecule has 0 bridgehead atoms. The van der Waals surface area contributed by atoms with Crippen molar-refractivity contribution in [2.45, 2.75) is 13.0 Å². The fourth-order valence-electron chi connectivity index (χ4n) is 1.39. The smallest absolute Gasteiger partial charge is 0.307 e. The second-order valence-electron chi connectivity index (χ2n) is 3.58. The summed E-state index contributed by atoms with van der Waals surface area (Å²) in [5, 5.41) is 17.0. The Bertz CT molecular complexity index is 575. The first-order chi connectivity index (χ1) is 8.44. The van der Waals surface area contributed by atoms with Crippen molar-refractivity contribution in [3.05, 3.63) is 35.4 Å². The van der Waals surface area contributed by atoms with Gasteiger partial charge in [-0.2, -0.15) is 5.26 Å². The predicted molar refractivity (Wildman–Crippen MR) is 64.0 cm³/mol. The van der Waals surface area contributed by atoms with Crippen LogP contribution >= 0.6 is 0 Å². The van der Waals surface area contributed by atoms with Crippen LogP contribution in [0.5, 0.6) is 0 Å². The lowest BCUT2D eigenvalue weighted by molar-refractivity contribution is -0.136. The first-order valence-corrected chi connectivity index (χ1v) is 6.72. The van der Waals surface area contributed by atoms with Crippen LogP contribution in [-0.4, -0.2) is 25.2 Å². The van der Waals surface area contributed by atoms with Crippen LogP contribution in [0.4, 0.5) is 0 Å². The van der Waals surface area contributed by atoms with Gasteiger partial charge in [0.15, 0.2) is 5.75 Å². The molecule has 0 spiro atoms. The topological polar surface area (TPSA) is 107 Å². The third-order valence-electron chi connectivity index (χ3n) is 2.20. The molecule has 0 aliphatic carbocycles. The fraction of sp³-hybridized carbons (Fsp3) is 0.273. The van der Waals surface area contributed by atoms with Crippen molar-refractivity contribution in [2.24, 2.45) is 0 Å². The molecule has 1 rings (SSSR count). The van der Waals surface area contributed by atoms with Gasteiger partial charge in [0.05, 0.1) is 12.5 Å². The maximum absolute atomic E-state index is 11.3. The highest BCUT2D eigenvalue weighted by Gasteiger charge is 2.11. The number of carboxylic acids is 1. The molecule has 0 aromatic heterocycles. The maximum Gasteiger partial charge on any atom is 0.307 e. The van der Waals surface area contributed by atoms with Gasteiger partial charge in [0.1, 0.15) is 0 Å². The van der Waals surface area contributed by atoms with E-state index >= 15 is 0 Å². The molecule has 0 amide bonds. The molecule has 0 saturated heterocycles. The summed E-state index contributed by atoms with van der Waals surface area (Å²) in [6, 6.07) is 8.20. The Morgan fingerprint density at radius 1 is 1.33 bits per heavy atom. The normalized spacial score (nSPS) is 10.8. The van der Waals surface area contributed by atoms with E-state index in [0.717, 1.165) is 0 Å². The van der Waals surface area contributed by atoms with E-state index in [9.17, 15) is 13.2 Å². The van der Waals surface area contributed by atoms with Crippen molar-refractivity contribution in [2.75, 3.05) is 5.75 Å². The molecule has 0 aliphatic heterocycles. The lowest BCUT2D eigenvalue weighted by Crippen LogP contribution is -2.26. The first kappa shape index (κ1) is 14.2. The molecular formula is C11H12N2O4S. The summed E-state index contributed by atoms with van der Waals surface area (Å²) in [5.41, 5.74) is 1.13. The van der Waals surface area contributed by atoms with Crippen molar-refractivity contribution < 1.29 is 18.3 Å². The van der Waals surface area contributed by atoms with Crippen LogP contribution < -0.4 is 4.72 Å². The molecule has 0 atom stereocenters. The number of rotatable bonds is 6. The van der Waals surface area contributed by atoms with Gasteiger partial charge >= 0.3 is 5.97 Å². The van der Waals surface area contributed by atoms with Crippen LogP contribution in [0.3, 0.4) is 0 Å².